The zero-order chi connectivity index (χ0) is 15.0. The molecular formula is C16H15ClN2OS. The van der Waals surface area contributed by atoms with E-state index in [1.165, 1.54) is 0 Å². The first-order valence-corrected chi connectivity index (χ1v) is 8.15. The van der Waals surface area contributed by atoms with E-state index in [4.69, 9.17) is 11.6 Å². The lowest BCUT2D eigenvalue weighted by Crippen LogP contribution is -2.28. The second-order valence-electron chi connectivity index (χ2n) is 5.01. The monoisotopic (exact) mass is 318 g/mol. The number of para-hydroxylation sites is 1. The first kappa shape index (κ1) is 14.3. The van der Waals surface area contributed by atoms with Crippen LogP contribution in [0.5, 0.6) is 0 Å². The van der Waals surface area contributed by atoms with Crippen molar-refractivity contribution >= 4 is 33.8 Å². The Hall–Kier alpha value is -1.65. The molecule has 108 valence electrons. The third-order valence-electron chi connectivity index (χ3n) is 3.60. The quantitative estimate of drug-likeness (QED) is 0.672. The van der Waals surface area contributed by atoms with E-state index in [-0.39, 0.29) is 17.0 Å². The fourth-order valence-electron chi connectivity index (χ4n) is 2.48. The number of aromatic nitrogens is 2. The zero-order valence-corrected chi connectivity index (χ0v) is 13.4. The number of nitrogens with zero attached hydrogens (tertiary/aromatic N) is 2. The van der Waals surface area contributed by atoms with Crippen LogP contribution in [0.25, 0.3) is 10.9 Å². The Bertz CT molecular complexity index is 824. The minimum Gasteiger partial charge on any atom is -0.288 e. The average molecular weight is 319 g/mol. The lowest BCUT2D eigenvalue weighted by molar-refractivity contribution is 0.572. The zero-order valence-electron chi connectivity index (χ0n) is 11.8. The highest BCUT2D eigenvalue weighted by Crippen LogP contribution is 2.26. The van der Waals surface area contributed by atoms with Gasteiger partial charge in [-0.05, 0) is 48.4 Å². The molecule has 3 rings (SSSR count). The predicted octanol–water partition coefficient (Wildman–Crippen LogP) is 4.37. The number of halogens is 1. The van der Waals surface area contributed by atoms with E-state index in [1.807, 2.05) is 49.6 Å². The van der Waals surface area contributed by atoms with E-state index < -0.39 is 0 Å². The molecule has 21 heavy (non-hydrogen) atoms. The standard InChI is InChI=1S/C16H15ClN2OS/c1-10(17)15-18-14-6-4-3-5-13(14)16(20)19(15)11(2)12-7-8-21-9-12/h3-11H,1-2H3. The van der Waals surface area contributed by atoms with Gasteiger partial charge in [0, 0.05) is 0 Å². The Morgan fingerprint density at radius 3 is 2.67 bits per heavy atom. The number of thiophene rings is 1. The fourth-order valence-corrected chi connectivity index (χ4v) is 3.38. The molecule has 0 N–H and O–H groups in total. The number of benzene rings is 1. The van der Waals surface area contributed by atoms with Crippen molar-refractivity contribution in [3.8, 4) is 0 Å². The molecule has 0 saturated heterocycles. The maximum Gasteiger partial charge on any atom is 0.261 e. The molecule has 0 saturated carbocycles. The predicted molar refractivity (Wildman–Crippen MR) is 88.4 cm³/mol. The van der Waals surface area contributed by atoms with Gasteiger partial charge in [-0.3, -0.25) is 9.36 Å². The van der Waals surface area contributed by atoms with Gasteiger partial charge in [0.25, 0.3) is 5.56 Å². The van der Waals surface area contributed by atoms with Crippen molar-refractivity contribution in [3.05, 3.63) is 62.8 Å². The van der Waals surface area contributed by atoms with E-state index in [2.05, 4.69) is 10.4 Å². The van der Waals surface area contributed by atoms with Crippen molar-refractivity contribution in [1.29, 1.82) is 0 Å². The maximum absolute atomic E-state index is 12.9. The van der Waals surface area contributed by atoms with Crippen molar-refractivity contribution in [2.24, 2.45) is 0 Å². The number of rotatable bonds is 3. The SMILES string of the molecule is CC(Cl)c1nc2ccccc2c(=O)n1C(C)c1ccsc1. The van der Waals surface area contributed by atoms with E-state index in [0.29, 0.717) is 16.7 Å². The summed E-state index contributed by atoms with van der Waals surface area (Å²) in [4.78, 5) is 17.5. The highest BCUT2D eigenvalue weighted by atomic mass is 35.5. The van der Waals surface area contributed by atoms with E-state index in [0.717, 1.165) is 5.56 Å². The van der Waals surface area contributed by atoms with Crippen molar-refractivity contribution in [3.63, 3.8) is 0 Å². The topological polar surface area (TPSA) is 34.9 Å². The van der Waals surface area contributed by atoms with Crippen LogP contribution in [-0.2, 0) is 0 Å². The molecule has 0 radical (unpaired) electrons. The van der Waals surface area contributed by atoms with E-state index >= 15 is 0 Å². The van der Waals surface area contributed by atoms with Crippen molar-refractivity contribution in [2.75, 3.05) is 0 Å². The molecule has 0 fully saturated rings. The molecule has 0 amide bonds. The summed E-state index contributed by atoms with van der Waals surface area (Å²) in [7, 11) is 0. The van der Waals surface area contributed by atoms with Gasteiger partial charge in [0.15, 0.2) is 0 Å². The normalized spacial score (nSPS) is 14.2. The first-order chi connectivity index (χ1) is 10.1. The summed E-state index contributed by atoms with van der Waals surface area (Å²) in [6, 6.07) is 9.33. The molecular weight excluding hydrogens is 304 g/mol. The average Bonchev–Trinajstić information content (AvgIpc) is 3.00. The van der Waals surface area contributed by atoms with Crippen LogP contribution in [0.3, 0.4) is 0 Å². The molecule has 2 aromatic heterocycles. The molecule has 5 heteroatoms. The summed E-state index contributed by atoms with van der Waals surface area (Å²) in [5, 5.41) is 4.36. The van der Waals surface area contributed by atoms with Crippen LogP contribution in [-0.4, -0.2) is 9.55 Å². The van der Waals surface area contributed by atoms with Gasteiger partial charge in [0.05, 0.1) is 22.3 Å². The second-order valence-corrected chi connectivity index (χ2v) is 6.45. The number of hydrogen-bond donors (Lipinski definition) is 0. The number of hydrogen-bond acceptors (Lipinski definition) is 3. The largest absolute Gasteiger partial charge is 0.288 e. The Balaban J connectivity index is 2.31. The lowest BCUT2D eigenvalue weighted by atomic mass is 10.1. The molecule has 0 bridgehead atoms. The van der Waals surface area contributed by atoms with Gasteiger partial charge >= 0.3 is 0 Å². The number of alkyl halides is 1. The Kier molecular flexibility index (Phi) is 3.83. The molecule has 1 aromatic carbocycles. The minimum atomic E-state index is -0.330. The van der Waals surface area contributed by atoms with Crippen LogP contribution in [0.2, 0.25) is 0 Å². The highest BCUT2D eigenvalue weighted by molar-refractivity contribution is 7.07. The van der Waals surface area contributed by atoms with Crippen molar-refractivity contribution in [1.82, 2.24) is 9.55 Å². The van der Waals surface area contributed by atoms with Crippen LogP contribution in [0.15, 0.2) is 45.9 Å². The van der Waals surface area contributed by atoms with Gasteiger partial charge in [0.2, 0.25) is 0 Å². The molecule has 0 aliphatic carbocycles. The summed E-state index contributed by atoms with van der Waals surface area (Å²) >= 11 is 7.88. The highest BCUT2D eigenvalue weighted by Gasteiger charge is 2.20. The Morgan fingerprint density at radius 1 is 1.24 bits per heavy atom. The Labute approximate surface area is 131 Å². The Morgan fingerprint density at radius 2 is 2.00 bits per heavy atom. The van der Waals surface area contributed by atoms with Crippen LogP contribution in [0, 0.1) is 0 Å². The van der Waals surface area contributed by atoms with Crippen LogP contribution in [0.4, 0.5) is 0 Å². The smallest absolute Gasteiger partial charge is 0.261 e. The molecule has 2 atom stereocenters. The van der Waals surface area contributed by atoms with Gasteiger partial charge in [0.1, 0.15) is 5.82 Å². The van der Waals surface area contributed by atoms with E-state index in [1.54, 1.807) is 15.9 Å². The molecule has 0 spiro atoms. The van der Waals surface area contributed by atoms with Gasteiger partial charge in [-0.1, -0.05) is 12.1 Å². The third-order valence-corrected chi connectivity index (χ3v) is 4.50. The maximum atomic E-state index is 12.9. The molecule has 3 aromatic rings. The fraction of sp³-hybridized carbons (Fsp3) is 0.250. The van der Waals surface area contributed by atoms with Crippen LogP contribution >= 0.6 is 22.9 Å². The molecule has 2 heterocycles. The van der Waals surface area contributed by atoms with Gasteiger partial charge in [-0.25, -0.2) is 4.98 Å². The van der Waals surface area contributed by atoms with Crippen LogP contribution < -0.4 is 5.56 Å². The van der Waals surface area contributed by atoms with Gasteiger partial charge in [-0.2, -0.15) is 11.3 Å². The third kappa shape index (κ3) is 2.49. The van der Waals surface area contributed by atoms with Crippen LogP contribution in [0.1, 0.15) is 36.7 Å². The molecule has 0 aliphatic heterocycles. The summed E-state index contributed by atoms with van der Waals surface area (Å²) < 4.78 is 1.71. The summed E-state index contributed by atoms with van der Waals surface area (Å²) in [5.74, 6) is 0.610. The minimum absolute atomic E-state index is 0.0400. The van der Waals surface area contributed by atoms with E-state index in [9.17, 15) is 4.79 Å². The summed E-state index contributed by atoms with van der Waals surface area (Å²) in [6.07, 6.45) is 0. The lowest BCUT2D eigenvalue weighted by Gasteiger charge is -2.20. The summed E-state index contributed by atoms with van der Waals surface area (Å²) in [5.41, 5.74) is 1.75. The van der Waals surface area contributed by atoms with Gasteiger partial charge < -0.3 is 0 Å². The number of fused-ring (bicyclic) bond motifs is 1. The second kappa shape index (κ2) is 5.62. The van der Waals surface area contributed by atoms with Crippen molar-refractivity contribution in [2.45, 2.75) is 25.3 Å². The first-order valence-electron chi connectivity index (χ1n) is 6.77. The molecule has 3 nitrogen and oxygen atoms in total. The molecule has 0 aliphatic rings. The molecule has 2 unspecified atom stereocenters. The summed E-state index contributed by atoms with van der Waals surface area (Å²) in [6.45, 7) is 3.84. The van der Waals surface area contributed by atoms with Crippen molar-refractivity contribution < 1.29 is 0 Å². The van der Waals surface area contributed by atoms with Gasteiger partial charge in [-0.15, -0.1) is 11.6 Å².